The molecule has 1 saturated heterocycles. The molecule has 2 rings (SSSR count). The van der Waals surface area contributed by atoms with E-state index in [1.165, 1.54) is 0 Å². The summed E-state index contributed by atoms with van der Waals surface area (Å²) < 4.78 is 5.62. The van der Waals surface area contributed by atoms with Crippen LogP contribution in [-0.2, 0) is 9.53 Å². The van der Waals surface area contributed by atoms with Crippen LogP contribution in [0.2, 0.25) is 0 Å². The molecular formula is C10H16O2. The van der Waals surface area contributed by atoms with E-state index < -0.39 is 0 Å². The second kappa shape index (κ2) is 2.11. The highest BCUT2D eigenvalue weighted by Crippen LogP contribution is 2.63. The first-order valence-electron chi connectivity index (χ1n) is 4.64. The molecule has 1 aliphatic carbocycles. The first-order valence-corrected chi connectivity index (χ1v) is 4.64. The minimum atomic E-state index is 0.0701. The Bertz CT molecular complexity index is 222. The van der Waals surface area contributed by atoms with Gasteiger partial charge in [-0.05, 0) is 24.7 Å². The summed E-state index contributed by atoms with van der Waals surface area (Å²) in [5.74, 6) is 0.527. The number of epoxide rings is 1. The molecule has 2 aliphatic rings. The number of carbonyl (C=O) groups excluding carboxylic acids is 1. The highest BCUT2D eigenvalue weighted by molar-refractivity contribution is 5.50. The Labute approximate surface area is 73.3 Å². The van der Waals surface area contributed by atoms with Crippen molar-refractivity contribution in [1.29, 1.82) is 0 Å². The third-order valence-electron chi connectivity index (χ3n) is 4.12. The van der Waals surface area contributed by atoms with Crippen LogP contribution in [0.15, 0.2) is 0 Å². The molecule has 68 valence electrons. The van der Waals surface area contributed by atoms with E-state index in [1.807, 2.05) is 0 Å². The number of hydrogen-bond donors (Lipinski definition) is 0. The summed E-state index contributed by atoms with van der Waals surface area (Å²) in [6.45, 7) is 6.60. The molecule has 0 N–H and O–H groups in total. The van der Waals surface area contributed by atoms with Crippen molar-refractivity contribution in [3.63, 3.8) is 0 Å². The van der Waals surface area contributed by atoms with Gasteiger partial charge in [-0.3, -0.25) is 0 Å². The van der Waals surface area contributed by atoms with Crippen molar-refractivity contribution in [3.05, 3.63) is 0 Å². The smallest absolute Gasteiger partial charge is 0.120 e. The van der Waals surface area contributed by atoms with Crippen LogP contribution in [0.25, 0.3) is 0 Å². The van der Waals surface area contributed by atoms with Gasteiger partial charge in [0.1, 0.15) is 6.29 Å². The molecule has 0 aromatic carbocycles. The number of ether oxygens (including phenoxy) is 1. The third kappa shape index (κ3) is 0.764. The molecule has 0 aromatic rings. The first kappa shape index (κ1) is 8.24. The van der Waals surface area contributed by atoms with Gasteiger partial charge < -0.3 is 9.53 Å². The maximum absolute atomic E-state index is 10.4. The predicted octanol–water partition coefficient (Wildman–Crippen LogP) is 1.78. The van der Waals surface area contributed by atoms with Crippen molar-refractivity contribution in [1.82, 2.24) is 0 Å². The van der Waals surface area contributed by atoms with Crippen molar-refractivity contribution in [2.75, 3.05) is 0 Å². The molecule has 3 atom stereocenters. The fourth-order valence-corrected chi connectivity index (χ4v) is 2.57. The molecular weight excluding hydrogens is 152 g/mol. The van der Waals surface area contributed by atoms with E-state index in [1.54, 1.807) is 0 Å². The molecule has 0 amide bonds. The summed E-state index contributed by atoms with van der Waals surface area (Å²) in [5, 5.41) is 0. The molecule has 1 aliphatic heterocycles. The van der Waals surface area contributed by atoms with Gasteiger partial charge >= 0.3 is 0 Å². The van der Waals surface area contributed by atoms with E-state index in [4.69, 9.17) is 4.74 Å². The summed E-state index contributed by atoms with van der Waals surface area (Å²) in [6.07, 6.45) is 3.24. The molecule has 2 heteroatoms. The van der Waals surface area contributed by atoms with Crippen LogP contribution < -0.4 is 0 Å². The van der Waals surface area contributed by atoms with Crippen LogP contribution in [0.1, 0.15) is 33.6 Å². The summed E-state index contributed by atoms with van der Waals surface area (Å²) in [4.78, 5) is 10.4. The molecule has 2 fully saturated rings. The summed E-state index contributed by atoms with van der Waals surface area (Å²) in [6, 6.07) is 0. The number of rotatable bonds is 2. The lowest BCUT2D eigenvalue weighted by Gasteiger charge is -2.32. The van der Waals surface area contributed by atoms with Crippen molar-refractivity contribution in [3.8, 4) is 0 Å². The maximum atomic E-state index is 10.4. The lowest BCUT2D eigenvalue weighted by molar-refractivity contribution is -0.109. The van der Waals surface area contributed by atoms with Gasteiger partial charge in [0.05, 0.1) is 11.7 Å². The normalized spacial score (nSPS) is 48.6. The van der Waals surface area contributed by atoms with E-state index in [2.05, 4.69) is 20.8 Å². The Balaban J connectivity index is 2.17. The molecule has 12 heavy (non-hydrogen) atoms. The largest absolute Gasteiger partial charge is 0.366 e. The van der Waals surface area contributed by atoms with Crippen LogP contribution in [0, 0.1) is 11.3 Å². The minimum Gasteiger partial charge on any atom is -0.366 e. The average Bonchev–Trinajstić information content (AvgIpc) is 2.58. The van der Waals surface area contributed by atoms with Gasteiger partial charge in [-0.1, -0.05) is 13.8 Å². The number of fused-ring (bicyclic) bond motifs is 1. The van der Waals surface area contributed by atoms with Gasteiger partial charge in [-0.2, -0.15) is 0 Å². The third-order valence-corrected chi connectivity index (χ3v) is 4.12. The van der Waals surface area contributed by atoms with Gasteiger partial charge in [0.2, 0.25) is 0 Å². The summed E-state index contributed by atoms with van der Waals surface area (Å²) >= 11 is 0. The number of hydrogen-bond acceptors (Lipinski definition) is 2. The molecule has 1 saturated carbocycles. The van der Waals surface area contributed by atoms with Crippen molar-refractivity contribution < 1.29 is 9.53 Å². The van der Waals surface area contributed by atoms with Crippen molar-refractivity contribution >= 4 is 6.29 Å². The van der Waals surface area contributed by atoms with Crippen LogP contribution in [-0.4, -0.2) is 18.0 Å². The fraction of sp³-hybridized carbons (Fsp3) is 0.900. The van der Waals surface area contributed by atoms with Crippen LogP contribution in [0.3, 0.4) is 0 Å². The highest BCUT2D eigenvalue weighted by atomic mass is 16.6. The Morgan fingerprint density at radius 3 is 2.58 bits per heavy atom. The zero-order valence-electron chi connectivity index (χ0n) is 7.96. The molecule has 0 spiro atoms. The molecule has 0 bridgehead atoms. The Morgan fingerprint density at radius 1 is 1.50 bits per heavy atom. The zero-order valence-corrected chi connectivity index (χ0v) is 7.96. The minimum absolute atomic E-state index is 0.0701. The average molecular weight is 168 g/mol. The number of carbonyl (C=O) groups is 1. The highest BCUT2D eigenvalue weighted by Gasteiger charge is 2.69. The fourth-order valence-electron chi connectivity index (χ4n) is 2.57. The second-order valence-electron chi connectivity index (χ2n) is 4.77. The SMILES string of the molecule is CC1(C)C(CC=O)CC2OC21C. The Kier molecular flexibility index (Phi) is 1.45. The maximum Gasteiger partial charge on any atom is 0.120 e. The molecule has 0 radical (unpaired) electrons. The quantitative estimate of drug-likeness (QED) is 0.464. The summed E-state index contributed by atoms with van der Waals surface area (Å²) in [7, 11) is 0. The topological polar surface area (TPSA) is 29.6 Å². The van der Waals surface area contributed by atoms with Crippen LogP contribution in [0.4, 0.5) is 0 Å². The Morgan fingerprint density at radius 2 is 2.17 bits per heavy atom. The molecule has 2 nitrogen and oxygen atoms in total. The molecule has 1 heterocycles. The van der Waals surface area contributed by atoms with E-state index in [9.17, 15) is 4.79 Å². The van der Waals surface area contributed by atoms with E-state index in [0.717, 1.165) is 12.7 Å². The van der Waals surface area contributed by atoms with E-state index >= 15 is 0 Å². The lowest BCUT2D eigenvalue weighted by atomic mass is 9.74. The molecule has 0 aromatic heterocycles. The first-order chi connectivity index (χ1) is 5.52. The standard InChI is InChI=1S/C10H16O2/c1-9(2)7(4-5-11)6-8-10(9,3)12-8/h5,7-8H,4,6H2,1-3H3. The summed E-state index contributed by atoms with van der Waals surface area (Å²) in [5.41, 5.74) is 0.249. The van der Waals surface area contributed by atoms with Gasteiger partial charge in [-0.15, -0.1) is 0 Å². The number of aldehydes is 1. The van der Waals surface area contributed by atoms with Crippen LogP contribution in [0.5, 0.6) is 0 Å². The molecule has 3 unspecified atom stereocenters. The lowest BCUT2D eigenvalue weighted by Crippen LogP contribution is -2.33. The van der Waals surface area contributed by atoms with E-state index in [0.29, 0.717) is 18.4 Å². The van der Waals surface area contributed by atoms with Crippen molar-refractivity contribution in [2.45, 2.75) is 45.3 Å². The van der Waals surface area contributed by atoms with E-state index in [-0.39, 0.29) is 11.0 Å². The monoisotopic (exact) mass is 168 g/mol. The second-order valence-corrected chi connectivity index (χ2v) is 4.77. The van der Waals surface area contributed by atoms with Crippen LogP contribution >= 0.6 is 0 Å². The van der Waals surface area contributed by atoms with Gasteiger partial charge in [0, 0.05) is 6.42 Å². The predicted molar refractivity (Wildman–Crippen MR) is 45.8 cm³/mol. The van der Waals surface area contributed by atoms with Gasteiger partial charge in [0.15, 0.2) is 0 Å². The van der Waals surface area contributed by atoms with Crippen molar-refractivity contribution in [2.24, 2.45) is 11.3 Å². The van der Waals surface area contributed by atoms with Gasteiger partial charge in [0.25, 0.3) is 0 Å². The Hall–Kier alpha value is -0.370. The van der Waals surface area contributed by atoms with Gasteiger partial charge in [-0.25, -0.2) is 0 Å². The zero-order chi connectivity index (χ0) is 8.98.